The van der Waals surface area contributed by atoms with Crippen molar-refractivity contribution in [2.75, 3.05) is 12.3 Å². The van der Waals surface area contributed by atoms with Crippen LogP contribution in [0.3, 0.4) is 0 Å². The highest BCUT2D eigenvalue weighted by Crippen LogP contribution is 2.36. The van der Waals surface area contributed by atoms with Gasteiger partial charge in [-0.05, 0) is 48.7 Å². The number of para-hydroxylation sites is 2. The van der Waals surface area contributed by atoms with Gasteiger partial charge in [0.2, 0.25) is 0 Å². The number of hydrogen-bond acceptors (Lipinski definition) is 3. The summed E-state index contributed by atoms with van der Waals surface area (Å²) < 4.78 is 13.5. The van der Waals surface area contributed by atoms with E-state index in [-0.39, 0.29) is 17.9 Å². The van der Waals surface area contributed by atoms with Gasteiger partial charge in [0, 0.05) is 23.6 Å². The lowest BCUT2D eigenvalue weighted by molar-refractivity contribution is 0.236. The number of carbonyl (C=O) groups excluding carboxylic acids is 1. The lowest BCUT2D eigenvalue weighted by atomic mass is 10.0. The van der Waals surface area contributed by atoms with Gasteiger partial charge in [0.15, 0.2) is 0 Å². The highest BCUT2D eigenvalue weighted by molar-refractivity contribution is 7.99. The number of rotatable bonds is 5. The number of fused-ring (bicyclic) bond motifs is 2. The average Bonchev–Trinajstić information content (AvgIpc) is 3.08. The van der Waals surface area contributed by atoms with E-state index in [4.69, 9.17) is 0 Å². The normalized spacial score (nSPS) is 16.1. The SMILES string of the molecule is O=C(NCCCc1nc2ccccc2[nH]1)NC1CCSc2ccc(F)cc21. The molecule has 140 valence electrons. The van der Waals surface area contributed by atoms with Crippen molar-refractivity contribution >= 4 is 28.8 Å². The number of carbonyl (C=O) groups is 1. The molecule has 1 aliphatic heterocycles. The van der Waals surface area contributed by atoms with Gasteiger partial charge in [-0.2, -0.15) is 0 Å². The summed E-state index contributed by atoms with van der Waals surface area (Å²) in [6.45, 7) is 0.556. The summed E-state index contributed by atoms with van der Waals surface area (Å²) in [5.74, 6) is 1.57. The molecular weight excluding hydrogens is 363 g/mol. The highest BCUT2D eigenvalue weighted by Gasteiger charge is 2.22. The molecule has 0 saturated carbocycles. The Labute approximate surface area is 161 Å². The van der Waals surface area contributed by atoms with Crippen molar-refractivity contribution in [3.05, 3.63) is 59.7 Å². The number of halogens is 1. The second-order valence-corrected chi connectivity index (χ2v) is 7.71. The summed E-state index contributed by atoms with van der Waals surface area (Å²) in [5, 5.41) is 5.86. The Hall–Kier alpha value is -2.54. The number of amides is 2. The molecule has 1 atom stereocenters. The highest BCUT2D eigenvalue weighted by atomic mass is 32.2. The van der Waals surface area contributed by atoms with E-state index in [0.29, 0.717) is 6.54 Å². The number of aromatic amines is 1. The predicted molar refractivity (Wildman–Crippen MR) is 105 cm³/mol. The van der Waals surface area contributed by atoms with Crippen molar-refractivity contribution in [1.29, 1.82) is 0 Å². The van der Waals surface area contributed by atoms with Crippen molar-refractivity contribution in [3.63, 3.8) is 0 Å². The molecule has 0 spiro atoms. The van der Waals surface area contributed by atoms with E-state index < -0.39 is 0 Å². The minimum Gasteiger partial charge on any atom is -0.342 e. The first kappa shape index (κ1) is 17.9. The zero-order chi connectivity index (χ0) is 18.6. The molecule has 3 N–H and O–H groups in total. The molecule has 27 heavy (non-hydrogen) atoms. The molecule has 1 unspecified atom stereocenters. The molecule has 2 aromatic carbocycles. The van der Waals surface area contributed by atoms with Crippen molar-refractivity contribution in [2.45, 2.75) is 30.2 Å². The number of benzene rings is 2. The number of aryl methyl sites for hydroxylation is 1. The molecule has 5 nitrogen and oxygen atoms in total. The predicted octanol–water partition coefficient (Wildman–Crippen LogP) is 4.17. The van der Waals surface area contributed by atoms with Crippen molar-refractivity contribution in [2.24, 2.45) is 0 Å². The third kappa shape index (κ3) is 4.24. The number of thioether (sulfide) groups is 1. The molecule has 0 fully saturated rings. The summed E-state index contributed by atoms with van der Waals surface area (Å²) in [4.78, 5) is 21.1. The Morgan fingerprint density at radius 2 is 2.19 bits per heavy atom. The van der Waals surface area contributed by atoms with E-state index in [0.717, 1.165) is 52.3 Å². The maximum atomic E-state index is 13.5. The van der Waals surface area contributed by atoms with Crippen LogP contribution >= 0.6 is 11.8 Å². The molecule has 3 aromatic rings. The van der Waals surface area contributed by atoms with Crippen LogP contribution in [0.1, 0.15) is 30.3 Å². The molecule has 0 saturated heterocycles. The number of urea groups is 1. The third-order valence-corrected chi connectivity index (χ3v) is 5.75. The van der Waals surface area contributed by atoms with Crippen LogP contribution in [0.15, 0.2) is 47.4 Å². The van der Waals surface area contributed by atoms with E-state index in [2.05, 4.69) is 20.6 Å². The van der Waals surface area contributed by atoms with E-state index >= 15 is 0 Å². The molecule has 1 aliphatic rings. The summed E-state index contributed by atoms with van der Waals surface area (Å²) >= 11 is 1.70. The summed E-state index contributed by atoms with van der Waals surface area (Å²) in [6, 6.07) is 12.3. The minimum absolute atomic E-state index is 0.146. The minimum atomic E-state index is -0.269. The molecular formula is C20H21FN4OS. The van der Waals surface area contributed by atoms with Gasteiger partial charge in [0.25, 0.3) is 0 Å². The first-order valence-electron chi connectivity index (χ1n) is 9.09. The van der Waals surface area contributed by atoms with Crippen molar-refractivity contribution in [3.8, 4) is 0 Å². The van der Waals surface area contributed by atoms with E-state index in [9.17, 15) is 9.18 Å². The van der Waals surface area contributed by atoms with Crippen molar-refractivity contribution in [1.82, 2.24) is 20.6 Å². The standard InChI is InChI=1S/C20H21FN4OS/c21-13-7-8-18-14(12-13)15(9-11-27-18)25-20(26)22-10-3-6-19-23-16-4-1-2-5-17(16)24-19/h1-2,4-5,7-8,12,15H,3,6,9-11H2,(H,23,24)(H2,22,25,26). The van der Waals surface area contributed by atoms with Gasteiger partial charge in [-0.25, -0.2) is 14.2 Å². The Morgan fingerprint density at radius 1 is 1.30 bits per heavy atom. The number of aromatic nitrogens is 2. The van der Waals surface area contributed by atoms with E-state index in [1.807, 2.05) is 24.3 Å². The second-order valence-electron chi connectivity index (χ2n) is 6.58. The van der Waals surface area contributed by atoms with Gasteiger partial charge in [0.1, 0.15) is 11.6 Å². The fourth-order valence-electron chi connectivity index (χ4n) is 3.31. The van der Waals surface area contributed by atoms with E-state index in [1.165, 1.54) is 12.1 Å². The lowest BCUT2D eigenvalue weighted by Crippen LogP contribution is -2.39. The third-order valence-electron chi connectivity index (χ3n) is 4.63. The monoisotopic (exact) mass is 384 g/mol. The molecule has 0 radical (unpaired) electrons. The van der Waals surface area contributed by atoms with Crippen LogP contribution in [0.5, 0.6) is 0 Å². The first-order valence-corrected chi connectivity index (χ1v) is 10.1. The van der Waals surface area contributed by atoms with Gasteiger partial charge in [-0.1, -0.05) is 12.1 Å². The van der Waals surface area contributed by atoms with Crippen LogP contribution in [0.4, 0.5) is 9.18 Å². The fraction of sp³-hybridized carbons (Fsp3) is 0.300. The largest absolute Gasteiger partial charge is 0.342 e. The number of imidazole rings is 1. The van der Waals surface area contributed by atoms with Crippen LogP contribution in [0.2, 0.25) is 0 Å². The number of hydrogen-bond donors (Lipinski definition) is 3. The van der Waals surface area contributed by atoms with Crippen LogP contribution < -0.4 is 10.6 Å². The maximum Gasteiger partial charge on any atom is 0.315 e. The molecule has 4 rings (SSSR count). The summed E-state index contributed by atoms with van der Waals surface area (Å²) in [7, 11) is 0. The molecule has 0 bridgehead atoms. The van der Waals surface area contributed by atoms with Crippen LogP contribution in [0, 0.1) is 5.82 Å². The Kier molecular flexibility index (Phi) is 5.29. The van der Waals surface area contributed by atoms with Crippen LogP contribution in [0.25, 0.3) is 11.0 Å². The zero-order valence-electron chi connectivity index (χ0n) is 14.8. The average molecular weight is 384 g/mol. The van der Waals surface area contributed by atoms with Crippen molar-refractivity contribution < 1.29 is 9.18 Å². The molecule has 7 heteroatoms. The lowest BCUT2D eigenvalue weighted by Gasteiger charge is -2.26. The molecule has 1 aromatic heterocycles. The number of nitrogens with zero attached hydrogens (tertiary/aromatic N) is 1. The summed E-state index contributed by atoms with van der Waals surface area (Å²) in [6.07, 6.45) is 2.36. The van der Waals surface area contributed by atoms with Gasteiger partial charge >= 0.3 is 6.03 Å². The Balaban J connectivity index is 1.26. The quantitative estimate of drug-likeness (QED) is 0.578. The van der Waals surface area contributed by atoms with Gasteiger partial charge in [-0.3, -0.25) is 0 Å². The molecule has 0 aliphatic carbocycles. The smallest absolute Gasteiger partial charge is 0.315 e. The molecule has 2 amide bonds. The van der Waals surface area contributed by atoms with E-state index in [1.54, 1.807) is 17.8 Å². The topological polar surface area (TPSA) is 69.8 Å². The first-order chi connectivity index (χ1) is 13.2. The van der Waals surface area contributed by atoms with Gasteiger partial charge < -0.3 is 15.6 Å². The maximum absolute atomic E-state index is 13.5. The van der Waals surface area contributed by atoms with Crippen LogP contribution in [-0.2, 0) is 6.42 Å². The Bertz CT molecular complexity index is 925. The number of H-pyrrole nitrogens is 1. The van der Waals surface area contributed by atoms with Gasteiger partial charge in [0.05, 0.1) is 17.1 Å². The Morgan fingerprint density at radius 3 is 3.07 bits per heavy atom. The van der Waals surface area contributed by atoms with Gasteiger partial charge in [-0.15, -0.1) is 11.8 Å². The number of nitrogens with one attached hydrogen (secondary N) is 3. The zero-order valence-corrected chi connectivity index (χ0v) is 15.6. The van der Waals surface area contributed by atoms with Crippen LogP contribution in [-0.4, -0.2) is 28.3 Å². The second kappa shape index (κ2) is 8.00. The summed E-state index contributed by atoms with van der Waals surface area (Å²) in [5.41, 5.74) is 2.85. The molecule has 2 heterocycles. The fourth-order valence-corrected chi connectivity index (χ4v) is 4.41.